The molecular formula is C16H19N3O5. The van der Waals surface area contributed by atoms with Crippen molar-refractivity contribution in [2.45, 2.75) is 44.2 Å². The van der Waals surface area contributed by atoms with Gasteiger partial charge in [-0.2, -0.15) is 0 Å². The largest absolute Gasteiger partial charge is 0.365 e. The Morgan fingerprint density at radius 3 is 2.71 bits per heavy atom. The van der Waals surface area contributed by atoms with E-state index in [2.05, 4.69) is 10.0 Å². The Morgan fingerprint density at radius 2 is 2.08 bits per heavy atom. The molecule has 1 aromatic carbocycles. The second-order valence-corrected chi connectivity index (χ2v) is 6.21. The molecule has 2 saturated heterocycles. The Kier molecular flexibility index (Phi) is 4.58. The van der Waals surface area contributed by atoms with Gasteiger partial charge >= 0.3 is 0 Å². The van der Waals surface area contributed by atoms with Crippen LogP contribution in [0.25, 0.3) is 10.4 Å². The lowest BCUT2D eigenvalue weighted by Crippen LogP contribution is -2.60. The maximum absolute atomic E-state index is 12.9. The molecular weight excluding hydrogens is 314 g/mol. The molecule has 2 fully saturated rings. The molecule has 0 radical (unpaired) electrons. The van der Waals surface area contributed by atoms with Crippen LogP contribution in [-0.4, -0.2) is 42.7 Å². The van der Waals surface area contributed by atoms with E-state index in [0.717, 1.165) is 5.56 Å². The highest BCUT2D eigenvalue weighted by Crippen LogP contribution is 2.37. The maximum Gasteiger partial charge on any atom is 0.258 e. The highest BCUT2D eigenvalue weighted by atomic mass is 16.8. The van der Waals surface area contributed by atoms with Gasteiger partial charge in [0.2, 0.25) is 5.78 Å². The third-order valence-electron chi connectivity index (χ3n) is 3.96. The summed E-state index contributed by atoms with van der Waals surface area (Å²) in [5.41, 5.74) is 9.64. The number of benzene rings is 1. The number of ketones is 1. The molecule has 0 N–H and O–H groups in total. The molecule has 0 aliphatic carbocycles. The molecule has 0 bridgehead atoms. The molecule has 128 valence electrons. The molecule has 8 nitrogen and oxygen atoms in total. The zero-order chi connectivity index (χ0) is 17.2. The number of nitrogens with zero attached hydrogens (tertiary/aromatic N) is 3. The van der Waals surface area contributed by atoms with Gasteiger partial charge in [-0.15, -0.1) is 0 Å². The first-order chi connectivity index (χ1) is 11.5. The van der Waals surface area contributed by atoms with E-state index in [-0.39, 0.29) is 19.8 Å². The zero-order valence-corrected chi connectivity index (χ0v) is 13.5. The van der Waals surface area contributed by atoms with Gasteiger partial charge in [0.25, 0.3) is 5.79 Å². The summed E-state index contributed by atoms with van der Waals surface area (Å²) in [7, 11) is 0. The number of rotatable bonds is 4. The molecule has 8 heteroatoms. The molecule has 1 spiro atoms. The third-order valence-corrected chi connectivity index (χ3v) is 3.96. The van der Waals surface area contributed by atoms with Gasteiger partial charge in [-0.1, -0.05) is 35.4 Å². The fraction of sp³-hybridized carbons (Fsp3) is 0.562. The van der Waals surface area contributed by atoms with Crippen LogP contribution in [0.4, 0.5) is 0 Å². The van der Waals surface area contributed by atoms with Gasteiger partial charge in [0.05, 0.1) is 19.3 Å². The number of Topliss-reactive ketones (excluding diaryl/α,β-unsaturated/α-hetero) is 1. The quantitative estimate of drug-likeness (QED) is 0.478. The minimum Gasteiger partial charge on any atom is -0.365 e. The first-order valence-electron chi connectivity index (χ1n) is 7.68. The van der Waals surface area contributed by atoms with Crippen LogP contribution in [0.1, 0.15) is 19.4 Å². The normalized spacial score (nSPS) is 31.8. The van der Waals surface area contributed by atoms with Crippen molar-refractivity contribution >= 4 is 5.78 Å². The monoisotopic (exact) mass is 333 g/mol. The van der Waals surface area contributed by atoms with Gasteiger partial charge in [0.15, 0.2) is 5.79 Å². The van der Waals surface area contributed by atoms with E-state index in [1.54, 1.807) is 13.8 Å². The van der Waals surface area contributed by atoms with E-state index >= 15 is 0 Å². The lowest BCUT2D eigenvalue weighted by molar-refractivity contribution is -0.263. The first-order valence-corrected chi connectivity index (χ1v) is 7.68. The van der Waals surface area contributed by atoms with Crippen LogP contribution in [0.15, 0.2) is 35.4 Å². The van der Waals surface area contributed by atoms with Crippen LogP contribution in [0.2, 0.25) is 0 Å². The summed E-state index contributed by atoms with van der Waals surface area (Å²) in [6.45, 7) is 3.63. The Morgan fingerprint density at radius 1 is 1.33 bits per heavy atom. The average Bonchev–Trinajstić information content (AvgIpc) is 2.88. The fourth-order valence-electron chi connectivity index (χ4n) is 2.79. The highest BCUT2D eigenvalue weighted by molar-refractivity contribution is 5.92. The maximum atomic E-state index is 12.9. The van der Waals surface area contributed by atoms with Crippen LogP contribution in [0.5, 0.6) is 0 Å². The van der Waals surface area contributed by atoms with Gasteiger partial charge in [0.1, 0.15) is 12.7 Å². The van der Waals surface area contributed by atoms with E-state index in [1.165, 1.54) is 0 Å². The van der Waals surface area contributed by atoms with Gasteiger partial charge in [0, 0.05) is 4.91 Å². The third kappa shape index (κ3) is 3.28. The standard InChI is InChI=1S/C16H19N3O5/c1-15(2)23-10-16(24-15)14(20)13(12(9-22-16)18-19-17)21-8-11-6-4-3-5-7-11/h3-7,12-13H,8-10H2,1-2H3/t12-,13+,16-/m0/s1. The van der Waals surface area contributed by atoms with Crippen molar-refractivity contribution in [2.75, 3.05) is 13.2 Å². The van der Waals surface area contributed by atoms with Crippen LogP contribution in [0, 0.1) is 0 Å². The highest BCUT2D eigenvalue weighted by Gasteiger charge is 2.58. The number of hydrogen-bond donors (Lipinski definition) is 0. The Bertz CT molecular complexity index is 659. The number of azide groups is 1. The Labute approximate surface area is 139 Å². The predicted octanol–water partition coefficient (Wildman–Crippen LogP) is 2.33. The zero-order valence-electron chi connectivity index (χ0n) is 13.5. The van der Waals surface area contributed by atoms with E-state index in [4.69, 9.17) is 24.5 Å². The van der Waals surface area contributed by atoms with Gasteiger partial charge in [-0.25, -0.2) is 0 Å². The smallest absolute Gasteiger partial charge is 0.258 e. The molecule has 2 heterocycles. The number of hydrogen-bond acceptors (Lipinski definition) is 6. The van der Waals surface area contributed by atoms with Gasteiger partial charge < -0.3 is 18.9 Å². The van der Waals surface area contributed by atoms with E-state index < -0.39 is 29.5 Å². The fourth-order valence-corrected chi connectivity index (χ4v) is 2.79. The molecule has 2 aliphatic heterocycles. The predicted molar refractivity (Wildman–Crippen MR) is 82.8 cm³/mol. The van der Waals surface area contributed by atoms with Crippen molar-refractivity contribution in [1.29, 1.82) is 0 Å². The molecule has 1 aromatic rings. The second kappa shape index (κ2) is 6.51. The minimum absolute atomic E-state index is 0.0208. The summed E-state index contributed by atoms with van der Waals surface area (Å²) >= 11 is 0. The van der Waals surface area contributed by atoms with Crippen LogP contribution in [-0.2, 0) is 30.3 Å². The summed E-state index contributed by atoms with van der Waals surface area (Å²) in [5.74, 6) is -2.86. The van der Waals surface area contributed by atoms with Crippen LogP contribution in [0.3, 0.4) is 0 Å². The lowest BCUT2D eigenvalue weighted by atomic mass is 9.97. The Balaban J connectivity index is 1.79. The van der Waals surface area contributed by atoms with Crippen molar-refractivity contribution in [3.8, 4) is 0 Å². The first kappa shape index (κ1) is 16.9. The van der Waals surface area contributed by atoms with Crippen molar-refractivity contribution in [3.05, 3.63) is 46.3 Å². The van der Waals surface area contributed by atoms with Crippen molar-refractivity contribution in [1.82, 2.24) is 0 Å². The van der Waals surface area contributed by atoms with Gasteiger partial charge in [-0.3, -0.25) is 4.79 Å². The molecule has 3 atom stereocenters. The molecule has 24 heavy (non-hydrogen) atoms. The minimum atomic E-state index is -1.51. The summed E-state index contributed by atoms with van der Waals surface area (Å²) < 4.78 is 22.5. The Hall–Kier alpha value is -1.96. The van der Waals surface area contributed by atoms with Crippen LogP contribution < -0.4 is 0 Å². The summed E-state index contributed by atoms with van der Waals surface area (Å²) in [6.07, 6.45) is -0.952. The van der Waals surface area contributed by atoms with E-state index in [9.17, 15) is 4.79 Å². The summed E-state index contributed by atoms with van der Waals surface area (Å²) in [4.78, 5) is 15.7. The number of carbonyl (C=O) groups is 1. The van der Waals surface area contributed by atoms with E-state index in [0.29, 0.717) is 0 Å². The number of ether oxygens (including phenoxy) is 4. The molecule has 0 unspecified atom stereocenters. The van der Waals surface area contributed by atoms with Crippen LogP contribution >= 0.6 is 0 Å². The van der Waals surface area contributed by atoms with Crippen molar-refractivity contribution in [2.24, 2.45) is 5.11 Å². The van der Waals surface area contributed by atoms with Gasteiger partial charge in [-0.05, 0) is 24.9 Å². The SMILES string of the molecule is CC1(C)OC[C@]2(OC[C@H](N=[N+]=[N-])[C@@H](OCc3ccccc3)C2=O)O1. The molecule has 0 saturated carbocycles. The molecule has 0 amide bonds. The van der Waals surface area contributed by atoms with E-state index in [1.807, 2.05) is 30.3 Å². The molecule has 0 aromatic heterocycles. The molecule has 2 aliphatic rings. The average molecular weight is 333 g/mol. The van der Waals surface area contributed by atoms with Crippen molar-refractivity contribution < 1.29 is 23.7 Å². The lowest BCUT2D eigenvalue weighted by Gasteiger charge is -2.38. The summed E-state index contributed by atoms with van der Waals surface area (Å²) in [6, 6.07) is 8.69. The second-order valence-electron chi connectivity index (χ2n) is 6.21. The number of carbonyl (C=O) groups excluding carboxylic acids is 1. The summed E-state index contributed by atoms with van der Waals surface area (Å²) in [5, 5.41) is 3.63. The van der Waals surface area contributed by atoms with Crippen molar-refractivity contribution in [3.63, 3.8) is 0 Å². The topological polar surface area (TPSA) is 103 Å². The molecule has 3 rings (SSSR count).